The molecule has 4 aliphatic carbocycles. The summed E-state index contributed by atoms with van der Waals surface area (Å²) in [6, 6.07) is 18.9. The molecule has 5 nitrogen and oxygen atoms in total. The highest BCUT2D eigenvalue weighted by Gasteiger charge is 2.51. The van der Waals surface area contributed by atoms with Gasteiger partial charge < -0.3 is 9.88 Å². The van der Waals surface area contributed by atoms with Crippen LogP contribution >= 0.6 is 0 Å². The Morgan fingerprint density at radius 3 is 2.10 bits per heavy atom. The first-order valence-corrected chi connectivity index (χ1v) is 14.5. The second kappa shape index (κ2) is 8.97. The van der Waals surface area contributed by atoms with Crippen LogP contribution in [0.3, 0.4) is 0 Å². The van der Waals surface area contributed by atoms with Gasteiger partial charge in [0.25, 0.3) is 5.91 Å². The maximum atomic E-state index is 13.1. The second-order valence-electron chi connectivity index (χ2n) is 12.8. The summed E-state index contributed by atoms with van der Waals surface area (Å²) in [6.45, 7) is 6.46. The van der Waals surface area contributed by atoms with Crippen molar-refractivity contribution >= 4 is 18.0 Å². The Labute approximate surface area is 230 Å². The number of nitrogens with one attached hydrogen (secondary N) is 1. The van der Waals surface area contributed by atoms with E-state index >= 15 is 0 Å². The van der Waals surface area contributed by atoms with Crippen molar-refractivity contribution < 1.29 is 9.59 Å². The number of imide groups is 1. The number of rotatable bonds is 5. The first kappa shape index (κ1) is 24.4. The van der Waals surface area contributed by atoms with E-state index in [0.29, 0.717) is 11.1 Å². The average Bonchev–Trinajstić information content (AvgIpc) is 3.33. The molecule has 1 saturated heterocycles. The number of hydrogen-bond donors (Lipinski definition) is 1. The molecule has 2 heterocycles. The normalized spacial score (nSPS) is 28.5. The Morgan fingerprint density at radius 1 is 0.872 bits per heavy atom. The molecule has 0 unspecified atom stereocenters. The minimum Gasteiger partial charge on any atom is -0.318 e. The Hall–Kier alpha value is -3.60. The van der Waals surface area contributed by atoms with Crippen LogP contribution in [0.1, 0.15) is 72.2 Å². The van der Waals surface area contributed by atoms with Crippen molar-refractivity contribution in [1.82, 2.24) is 14.8 Å². The molecule has 0 radical (unpaired) electrons. The Balaban J connectivity index is 1.13. The Bertz CT molecular complexity index is 1460. The molecule has 2 aromatic carbocycles. The van der Waals surface area contributed by atoms with Crippen molar-refractivity contribution in [3.8, 4) is 5.69 Å². The Kier molecular flexibility index (Phi) is 5.62. The van der Waals surface area contributed by atoms with Crippen LogP contribution in [0.4, 0.5) is 4.79 Å². The smallest absolute Gasteiger partial charge is 0.318 e. The zero-order valence-corrected chi connectivity index (χ0v) is 23.2. The molecule has 3 aromatic rings. The first-order valence-electron chi connectivity index (χ1n) is 14.5. The standard InChI is InChI=1S/C34H37N3O2/c1-21-4-6-24(7-5-21)20-36-32(38)31(35-33(36)39)16-28-12-22(2)37(23(28)3)30-10-8-29(9-11-30)34-17-25-13-26(18-34)15-27(14-25)19-34/h4-12,16,25-27H,13-15,17-20H2,1-3H3,(H,35,39). The zero-order chi connectivity index (χ0) is 26.9. The number of nitrogens with zero attached hydrogens (tertiary/aromatic N) is 2. The summed E-state index contributed by atoms with van der Waals surface area (Å²) in [5, 5.41) is 2.79. The van der Waals surface area contributed by atoms with Crippen molar-refractivity contribution in [2.45, 2.75) is 71.3 Å². The van der Waals surface area contributed by atoms with Crippen LogP contribution in [0.2, 0.25) is 0 Å². The largest absolute Gasteiger partial charge is 0.329 e. The molecule has 3 amide bonds. The summed E-state index contributed by atoms with van der Waals surface area (Å²) < 4.78 is 2.25. The van der Waals surface area contributed by atoms with E-state index in [1.807, 2.05) is 37.3 Å². The molecule has 5 aliphatic rings. The highest BCUT2D eigenvalue weighted by atomic mass is 16.2. The second-order valence-corrected chi connectivity index (χ2v) is 12.8. The fraction of sp³-hybridized carbons (Fsp3) is 0.412. The lowest BCUT2D eigenvalue weighted by Gasteiger charge is -2.57. The third kappa shape index (κ3) is 4.14. The van der Waals surface area contributed by atoms with Crippen LogP contribution in [0.15, 0.2) is 60.3 Å². The molecule has 1 aliphatic heterocycles. The number of urea groups is 1. The highest BCUT2D eigenvalue weighted by molar-refractivity contribution is 6.14. The fourth-order valence-corrected chi connectivity index (χ4v) is 8.51. The summed E-state index contributed by atoms with van der Waals surface area (Å²) in [4.78, 5) is 27.1. The summed E-state index contributed by atoms with van der Waals surface area (Å²) in [6.07, 6.45) is 10.3. The van der Waals surface area contributed by atoms with Crippen molar-refractivity contribution in [2.75, 3.05) is 0 Å². The molecule has 4 saturated carbocycles. The maximum Gasteiger partial charge on any atom is 0.329 e. The van der Waals surface area contributed by atoms with Gasteiger partial charge in [-0.25, -0.2) is 4.79 Å². The minimum atomic E-state index is -0.374. The maximum absolute atomic E-state index is 13.1. The van der Waals surface area contributed by atoms with Crippen LogP contribution < -0.4 is 5.32 Å². The number of benzene rings is 2. The van der Waals surface area contributed by atoms with Crippen LogP contribution in [0, 0.1) is 38.5 Å². The van der Waals surface area contributed by atoms with E-state index in [4.69, 9.17) is 0 Å². The molecular formula is C34H37N3O2. The summed E-state index contributed by atoms with van der Waals surface area (Å²) >= 11 is 0. The quantitative estimate of drug-likeness (QED) is 0.293. The van der Waals surface area contributed by atoms with Crippen LogP contribution in [-0.4, -0.2) is 21.4 Å². The number of aromatic nitrogens is 1. The lowest BCUT2D eigenvalue weighted by Crippen LogP contribution is -2.48. The van der Waals surface area contributed by atoms with Gasteiger partial charge in [-0.15, -0.1) is 0 Å². The van der Waals surface area contributed by atoms with Gasteiger partial charge in [0.1, 0.15) is 5.70 Å². The molecule has 0 spiro atoms. The summed E-state index contributed by atoms with van der Waals surface area (Å²) in [5.41, 5.74) is 8.58. The molecule has 4 bridgehead atoms. The van der Waals surface area contributed by atoms with Crippen molar-refractivity contribution in [1.29, 1.82) is 0 Å². The number of amides is 3. The lowest BCUT2D eigenvalue weighted by atomic mass is 9.48. The topological polar surface area (TPSA) is 54.3 Å². The monoisotopic (exact) mass is 519 g/mol. The predicted molar refractivity (Wildman–Crippen MR) is 153 cm³/mol. The molecule has 5 heteroatoms. The van der Waals surface area contributed by atoms with Crippen LogP contribution in [-0.2, 0) is 16.8 Å². The third-order valence-electron chi connectivity index (χ3n) is 9.97. The number of carbonyl (C=O) groups is 2. The fourth-order valence-electron chi connectivity index (χ4n) is 8.51. The van der Waals surface area contributed by atoms with E-state index in [1.54, 1.807) is 0 Å². The molecule has 1 aromatic heterocycles. The van der Waals surface area contributed by atoms with Gasteiger partial charge >= 0.3 is 6.03 Å². The zero-order valence-electron chi connectivity index (χ0n) is 23.2. The average molecular weight is 520 g/mol. The van der Waals surface area contributed by atoms with Gasteiger partial charge in [-0.3, -0.25) is 9.69 Å². The van der Waals surface area contributed by atoms with E-state index in [-0.39, 0.29) is 18.5 Å². The molecule has 39 heavy (non-hydrogen) atoms. The van der Waals surface area contributed by atoms with Crippen molar-refractivity contribution in [3.05, 3.63) is 93.9 Å². The highest BCUT2D eigenvalue weighted by Crippen LogP contribution is 2.60. The lowest BCUT2D eigenvalue weighted by molar-refractivity contribution is -0.123. The van der Waals surface area contributed by atoms with E-state index in [1.165, 1.54) is 49.0 Å². The van der Waals surface area contributed by atoms with Crippen LogP contribution in [0.25, 0.3) is 11.8 Å². The third-order valence-corrected chi connectivity index (χ3v) is 9.97. The predicted octanol–water partition coefficient (Wildman–Crippen LogP) is 6.96. The summed E-state index contributed by atoms with van der Waals surface area (Å²) in [5.74, 6) is 2.52. The molecule has 5 fully saturated rings. The van der Waals surface area contributed by atoms with Gasteiger partial charge in [-0.2, -0.15) is 0 Å². The van der Waals surface area contributed by atoms with Gasteiger partial charge in [-0.1, -0.05) is 42.0 Å². The number of hydrogen-bond acceptors (Lipinski definition) is 2. The molecular weight excluding hydrogens is 482 g/mol. The van der Waals surface area contributed by atoms with E-state index < -0.39 is 0 Å². The SMILES string of the molecule is Cc1ccc(CN2C(=O)NC(=Cc3cc(C)n(-c4ccc(C56CC7CC(CC(C7)C5)C6)cc4)c3C)C2=O)cc1. The van der Waals surface area contributed by atoms with E-state index in [9.17, 15) is 9.59 Å². The van der Waals surface area contributed by atoms with Gasteiger partial charge in [0.15, 0.2) is 0 Å². The van der Waals surface area contributed by atoms with Gasteiger partial charge in [-0.05, 0) is 123 Å². The van der Waals surface area contributed by atoms with Crippen molar-refractivity contribution in [2.24, 2.45) is 17.8 Å². The minimum absolute atomic E-state index is 0.261. The first-order chi connectivity index (χ1) is 18.8. The number of carbonyl (C=O) groups excluding carboxylic acids is 2. The van der Waals surface area contributed by atoms with Crippen LogP contribution in [0.5, 0.6) is 0 Å². The summed E-state index contributed by atoms with van der Waals surface area (Å²) in [7, 11) is 0. The molecule has 0 atom stereocenters. The Morgan fingerprint density at radius 2 is 1.49 bits per heavy atom. The van der Waals surface area contributed by atoms with Gasteiger partial charge in [0.2, 0.25) is 0 Å². The molecule has 8 rings (SSSR count). The number of aryl methyl sites for hydroxylation is 2. The van der Waals surface area contributed by atoms with Gasteiger partial charge in [0, 0.05) is 17.1 Å². The van der Waals surface area contributed by atoms with Gasteiger partial charge in [0.05, 0.1) is 6.54 Å². The molecule has 1 N–H and O–H groups in total. The van der Waals surface area contributed by atoms with E-state index in [0.717, 1.165) is 51.5 Å². The molecule has 200 valence electrons. The van der Waals surface area contributed by atoms with E-state index in [2.05, 4.69) is 54.1 Å². The van der Waals surface area contributed by atoms with Crippen molar-refractivity contribution in [3.63, 3.8) is 0 Å².